The monoisotopic (exact) mass is 225 g/mol. The first-order valence-electron chi connectivity index (χ1n) is 5.94. The minimum Gasteiger partial charge on any atom is -0.379 e. The van der Waals surface area contributed by atoms with Crippen molar-refractivity contribution in [1.29, 1.82) is 0 Å². The van der Waals surface area contributed by atoms with Crippen LogP contribution in [0.3, 0.4) is 0 Å². The van der Waals surface area contributed by atoms with Gasteiger partial charge in [0.15, 0.2) is 5.60 Å². The van der Waals surface area contributed by atoms with Crippen LogP contribution in [0.5, 0.6) is 0 Å². The minimum atomic E-state index is -0.826. The molecule has 0 bridgehead atoms. The quantitative estimate of drug-likeness (QED) is 0.799. The number of pyridine rings is 1. The van der Waals surface area contributed by atoms with Gasteiger partial charge in [0.25, 0.3) is 0 Å². The molecule has 0 amide bonds. The summed E-state index contributed by atoms with van der Waals surface area (Å²) in [6.45, 7) is 10.7. The van der Waals surface area contributed by atoms with E-state index in [4.69, 9.17) is 4.74 Å². The second kappa shape index (κ2) is 7.36. The van der Waals surface area contributed by atoms with Crippen molar-refractivity contribution in [2.45, 2.75) is 40.2 Å². The molecule has 0 aromatic carbocycles. The number of hydrogen-bond acceptors (Lipinski definition) is 3. The highest BCUT2D eigenvalue weighted by Gasteiger charge is 2.39. The molecule has 0 unspecified atom stereocenters. The molecule has 1 N–H and O–H groups in total. The van der Waals surface area contributed by atoms with Crippen molar-refractivity contribution in [1.82, 2.24) is 4.98 Å². The first-order chi connectivity index (χ1) is 7.71. The van der Waals surface area contributed by atoms with Crippen molar-refractivity contribution in [3.8, 4) is 0 Å². The number of aryl methyl sites for hydroxylation is 1. The lowest BCUT2D eigenvalue weighted by atomic mass is 9.97. The Morgan fingerprint density at radius 3 is 2.06 bits per heavy atom. The maximum absolute atomic E-state index is 9.78. The van der Waals surface area contributed by atoms with E-state index in [2.05, 4.69) is 4.98 Å². The third kappa shape index (κ3) is 3.58. The van der Waals surface area contributed by atoms with Crippen molar-refractivity contribution >= 4 is 0 Å². The Labute approximate surface area is 98.5 Å². The first-order valence-corrected chi connectivity index (χ1v) is 5.94. The summed E-state index contributed by atoms with van der Waals surface area (Å²) in [4.78, 5) is 4.14. The van der Waals surface area contributed by atoms with Crippen molar-refractivity contribution < 1.29 is 9.84 Å². The Hall–Kier alpha value is -0.930. The van der Waals surface area contributed by atoms with Crippen LogP contribution in [0.4, 0.5) is 0 Å². The predicted octanol–water partition coefficient (Wildman–Crippen LogP) is 2.66. The minimum absolute atomic E-state index is 0.364. The largest absolute Gasteiger partial charge is 0.379 e. The first kappa shape index (κ1) is 15.1. The van der Waals surface area contributed by atoms with Gasteiger partial charge in [0.2, 0.25) is 0 Å². The Kier molecular flexibility index (Phi) is 6.93. The van der Waals surface area contributed by atoms with E-state index >= 15 is 0 Å². The Balaban J connectivity index is 0.000000509. The highest BCUT2D eigenvalue weighted by atomic mass is 16.5. The van der Waals surface area contributed by atoms with Crippen LogP contribution < -0.4 is 0 Å². The number of ether oxygens (including phenoxy) is 1. The van der Waals surface area contributed by atoms with E-state index in [-0.39, 0.29) is 0 Å². The lowest BCUT2D eigenvalue weighted by Crippen LogP contribution is -2.47. The van der Waals surface area contributed by atoms with E-state index < -0.39 is 5.60 Å². The van der Waals surface area contributed by atoms with Crippen LogP contribution >= 0.6 is 0 Å². The van der Waals surface area contributed by atoms with Gasteiger partial charge in [-0.25, -0.2) is 0 Å². The number of aromatic nitrogens is 1. The Bertz CT molecular complexity index is 278. The van der Waals surface area contributed by atoms with Gasteiger partial charge in [0.05, 0.1) is 18.9 Å². The lowest BCUT2D eigenvalue weighted by Gasteiger charge is -2.35. The number of rotatable bonds is 1. The fourth-order valence-corrected chi connectivity index (χ4v) is 1.19. The van der Waals surface area contributed by atoms with E-state index in [0.29, 0.717) is 18.9 Å². The molecule has 0 aliphatic carbocycles. The van der Waals surface area contributed by atoms with Gasteiger partial charge in [0, 0.05) is 6.20 Å². The third-order valence-electron chi connectivity index (χ3n) is 2.07. The standard InChI is InChI=1S/C9H11NO2.2C2H6/c1-7-2-3-8(10-4-7)9(11)5-12-6-9;2*1-2/h2-4,11H,5-6H2,1H3;2*1-2H3. The summed E-state index contributed by atoms with van der Waals surface area (Å²) in [5.74, 6) is 0. The SMILES string of the molecule is CC.CC.Cc1ccc(C2(O)COC2)nc1. The Morgan fingerprint density at radius 2 is 1.75 bits per heavy atom. The molecule has 3 nitrogen and oxygen atoms in total. The second-order valence-corrected chi connectivity index (χ2v) is 3.25. The van der Waals surface area contributed by atoms with Gasteiger partial charge < -0.3 is 9.84 Å². The Morgan fingerprint density at radius 1 is 1.19 bits per heavy atom. The van der Waals surface area contributed by atoms with Gasteiger partial charge in [-0.3, -0.25) is 4.98 Å². The molecule has 1 aromatic rings. The van der Waals surface area contributed by atoms with Crippen LogP contribution in [0.25, 0.3) is 0 Å². The van der Waals surface area contributed by atoms with Gasteiger partial charge in [-0.2, -0.15) is 0 Å². The third-order valence-corrected chi connectivity index (χ3v) is 2.07. The fourth-order valence-electron chi connectivity index (χ4n) is 1.19. The van der Waals surface area contributed by atoms with E-state index in [0.717, 1.165) is 5.56 Å². The van der Waals surface area contributed by atoms with E-state index in [1.54, 1.807) is 6.20 Å². The zero-order valence-electron chi connectivity index (χ0n) is 10.9. The van der Waals surface area contributed by atoms with Gasteiger partial charge in [0.1, 0.15) is 0 Å². The van der Waals surface area contributed by atoms with Crippen LogP contribution in [-0.4, -0.2) is 23.3 Å². The molecule has 16 heavy (non-hydrogen) atoms. The van der Waals surface area contributed by atoms with Gasteiger partial charge in [-0.1, -0.05) is 33.8 Å². The maximum atomic E-state index is 9.78. The van der Waals surface area contributed by atoms with Crippen LogP contribution in [0.1, 0.15) is 39.0 Å². The van der Waals surface area contributed by atoms with Crippen molar-refractivity contribution in [2.75, 3.05) is 13.2 Å². The molecule has 3 heteroatoms. The summed E-state index contributed by atoms with van der Waals surface area (Å²) >= 11 is 0. The highest BCUT2D eigenvalue weighted by Crippen LogP contribution is 2.27. The summed E-state index contributed by atoms with van der Waals surface area (Å²) in [6.07, 6.45) is 1.76. The zero-order valence-corrected chi connectivity index (χ0v) is 10.9. The van der Waals surface area contributed by atoms with Crippen molar-refractivity contribution in [3.63, 3.8) is 0 Å². The van der Waals surface area contributed by atoms with Gasteiger partial charge in [-0.05, 0) is 18.6 Å². The maximum Gasteiger partial charge on any atom is 0.153 e. The smallest absolute Gasteiger partial charge is 0.153 e. The zero-order chi connectivity index (χ0) is 12.6. The molecule has 2 heterocycles. The number of nitrogens with zero attached hydrogens (tertiary/aromatic N) is 1. The van der Waals surface area contributed by atoms with E-state index in [1.807, 2.05) is 46.8 Å². The average molecular weight is 225 g/mol. The average Bonchev–Trinajstić information content (AvgIpc) is 2.32. The van der Waals surface area contributed by atoms with Crippen LogP contribution in [0, 0.1) is 6.92 Å². The molecule has 1 fully saturated rings. The van der Waals surface area contributed by atoms with Gasteiger partial charge in [-0.15, -0.1) is 0 Å². The highest BCUT2D eigenvalue weighted by molar-refractivity contribution is 5.19. The molecule has 0 saturated carbocycles. The molecule has 1 aliphatic heterocycles. The summed E-state index contributed by atoms with van der Waals surface area (Å²) < 4.78 is 4.93. The van der Waals surface area contributed by atoms with Crippen LogP contribution in [0.15, 0.2) is 18.3 Å². The second-order valence-electron chi connectivity index (χ2n) is 3.25. The van der Waals surface area contributed by atoms with Gasteiger partial charge >= 0.3 is 0 Å². The molecular weight excluding hydrogens is 202 g/mol. The molecular formula is C13H23NO2. The summed E-state index contributed by atoms with van der Waals surface area (Å²) in [7, 11) is 0. The molecule has 92 valence electrons. The topological polar surface area (TPSA) is 42.4 Å². The van der Waals surface area contributed by atoms with Crippen LogP contribution in [-0.2, 0) is 10.3 Å². The number of aliphatic hydroxyl groups is 1. The normalized spacial score (nSPS) is 15.9. The summed E-state index contributed by atoms with van der Waals surface area (Å²) in [6, 6.07) is 3.79. The molecule has 1 saturated heterocycles. The molecule has 2 rings (SSSR count). The van der Waals surface area contributed by atoms with Crippen LogP contribution in [0.2, 0.25) is 0 Å². The summed E-state index contributed by atoms with van der Waals surface area (Å²) in [5.41, 5.74) is 0.982. The van der Waals surface area contributed by atoms with Crippen molar-refractivity contribution in [3.05, 3.63) is 29.6 Å². The number of hydrogen-bond donors (Lipinski definition) is 1. The molecule has 0 atom stereocenters. The fraction of sp³-hybridized carbons (Fsp3) is 0.615. The van der Waals surface area contributed by atoms with E-state index in [1.165, 1.54) is 0 Å². The predicted molar refractivity (Wildman–Crippen MR) is 66.4 cm³/mol. The van der Waals surface area contributed by atoms with Crippen molar-refractivity contribution in [2.24, 2.45) is 0 Å². The lowest BCUT2D eigenvalue weighted by molar-refractivity contribution is -0.186. The summed E-state index contributed by atoms with van der Waals surface area (Å²) in [5, 5.41) is 9.78. The molecule has 0 spiro atoms. The molecule has 0 radical (unpaired) electrons. The van der Waals surface area contributed by atoms with E-state index in [9.17, 15) is 5.11 Å². The molecule has 1 aliphatic rings. The molecule has 1 aromatic heterocycles.